The van der Waals surface area contributed by atoms with E-state index in [1.54, 1.807) is 20.3 Å². The number of benzene rings is 1. The third-order valence-electron chi connectivity index (χ3n) is 3.40. The van der Waals surface area contributed by atoms with Crippen LogP contribution in [0.15, 0.2) is 12.1 Å². The van der Waals surface area contributed by atoms with Crippen LogP contribution < -0.4 is 9.47 Å². The second-order valence-corrected chi connectivity index (χ2v) is 4.84. The van der Waals surface area contributed by atoms with Crippen molar-refractivity contribution < 1.29 is 14.6 Å². The van der Waals surface area contributed by atoms with Gasteiger partial charge in [-0.3, -0.25) is 0 Å². The van der Waals surface area contributed by atoms with Crippen molar-refractivity contribution in [1.29, 1.82) is 0 Å². The van der Waals surface area contributed by atoms with E-state index in [0.29, 0.717) is 16.5 Å². The zero-order chi connectivity index (χ0) is 12.5. The van der Waals surface area contributed by atoms with Crippen LogP contribution >= 0.6 is 11.6 Å². The van der Waals surface area contributed by atoms with Crippen LogP contribution in [0, 0.1) is 0 Å². The summed E-state index contributed by atoms with van der Waals surface area (Å²) in [6.45, 7) is 0. The van der Waals surface area contributed by atoms with Gasteiger partial charge in [-0.2, -0.15) is 0 Å². The third-order valence-corrected chi connectivity index (χ3v) is 3.68. The Labute approximate surface area is 106 Å². The zero-order valence-electron chi connectivity index (χ0n) is 10.1. The van der Waals surface area contributed by atoms with E-state index in [2.05, 4.69) is 0 Å². The quantitative estimate of drug-likeness (QED) is 0.903. The Morgan fingerprint density at radius 1 is 1.18 bits per heavy atom. The molecule has 1 N–H and O–H groups in total. The largest absolute Gasteiger partial charge is 0.493 e. The fraction of sp³-hybridized carbons (Fsp3) is 0.538. The van der Waals surface area contributed by atoms with Crippen LogP contribution in [0.4, 0.5) is 0 Å². The molecule has 1 aliphatic carbocycles. The summed E-state index contributed by atoms with van der Waals surface area (Å²) in [5.74, 6) is 1.08. The van der Waals surface area contributed by atoms with Crippen LogP contribution in [0.3, 0.4) is 0 Å². The van der Waals surface area contributed by atoms with Gasteiger partial charge in [-0.15, -0.1) is 0 Å². The minimum Gasteiger partial charge on any atom is -0.493 e. The average Bonchev–Trinajstić information content (AvgIpc) is 2.76. The van der Waals surface area contributed by atoms with E-state index in [1.165, 1.54) is 0 Å². The highest BCUT2D eigenvalue weighted by Crippen LogP contribution is 2.44. The lowest BCUT2D eigenvalue weighted by atomic mass is 9.92. The topological polar surface area (TPSA) is 38.7 Å². The molecule has 1 aromatic carbocycles. The Balaban J connectivity index is 2.46. The molecule has 1 fully saturated rings. The van der Waals surface area contributed by atoms with Crippen molar-refractivity contribution in [3.8, 4) is 11.5 Å². The summed E-state index contributed by atoms with van der Waals surface area (Å²) >= 11 is 6.14. The van der Waals surface area contributed by atoms with Gasteiger partial charge in [-0.25, -0.2) is 0 Å². The van der Waals surface area contributed by atoms with Crippen molar-refractivity contribution in [2.75, 3.05) is 14.2 Å². The Morgan fingerprint density at radius 2 is 1.82 bits per heavy atom. The fourth-order valence-corrected chi connectivity index (χ4v) is 2.72. The van der Waals surface area contributed by atoms with Crippen molar-refractivity contribution >= 4 is 11.6 Å². The number of hydrogen-bond acceptors (Lipinski definition) is 3. The molecular formula is C13H17ClO3. The molecule has 2 rings (SSSR count). The zero-order valence-corrected chi connectivity index (χ0v) is 10.9. The second-order valence-electron chi connectivity index (χ2n) is 4.43. The summed E-state index contributed by atoms with van der Waals surface area (Å²) in [5, 5.41) is 11.0. The summed E-state index contributed by atoms with van der Waals surface area (Å²) in [6, 6.07) is 3.59. The molecule has 4 heteroatoms. The molecule has 0 atom stereocenters. The first-order chi connectivity index (χ1) is 8.10. The molecule has 1 aromatic rings. The molecule has 0 amide bonds. The molecule has 94 valence electrons. The van der Waals surface area contributed by atoms with Crippen LogP contribution in [0.1, 0.15) is 31.2 Å². The minimum atomic E-state index is -0.761. The second kappa shape index (κ2) is 4.75. The van der Waals surface area contributed by atoms with E-state index in [1.807, 2.05) is 6.07 Å². The van der Waals surface area contributed by atoms with E-state index in [0.717, 1.165) is 31.2 Å². The number of methoxy groups -OCH3 is 2. The molecule has 0 saturated heterocycles. The van der Waals surface area contributed by atoms with Crippen molar-refractivity contribution in [3.05, 3.63) is 22.7 Å². The summed E-state index contributed by atoms with van der Waals surface area (Å²) in [4.78, 5) is 0. The molecule has 17 heavy (non-hydrogen) atoms. The maximum absolute atomic E-state index is 10.5. The van der Waals surface area contributed by atoms with Crippen LogP contribution in [-0.2, 0) is 5.60 Å². The minimum absolute atomic E-state index is 0.474. The fourth-order valence-electron chi connectivity index (χ4n) is 2.44. The Kier molecular flexibility index (Phi) is 3.50. The Morgan fingerprint density at radius 3 is 2.35 bits per heavy atom. The molecule has 0 spiro atoms. The van der Waals surface area contributed by atoms with Gasteiger partial charge in [-0.05, 0) is 30.5 Å². The van der Waals surface area contributed by atoms with Gasteiger partial charge in [0, 0.05) is 0 Å². The third kappa shape index (κ3) is 2.22. The van der Waals surface area contributed by atoms with Crippen molar-refractivity contribution in [2.45, 2.75) is 31.3 Å². The van der Waals surface area contributed by atoms with Gasteiger partial charge in [0.05, 0.1) is 24.8 Å². The lowest BCUT2D eigenvalue weighted by Crippen LogP contribution is -2.20. The van der Waals surface area contributed by atoms with E-state index in [9.17, 15) is 5.11 Å². The maximum atomic E-state index is 10.5. The van der Waals surface area contributed by atoms with Crippen LogP contribution in [-0.4, -0.2) is 19.3 Å². The number of aliphatic hydroxyl groups is 1. The van der Waals surface area contributed by atoms with E-state index >= 15 is 0 Å². The normalized spacial score (nSPS) is 18.1. The standard InChI is InChI=1S/C13H17ClO3/c1-16-11-8-9(7-10(14)12(11)17-2)13(15)5-3-4-6-13/h7-8,15H,3-6H2,1-2H3. The van der Waals surface area contributed by atoms with Gasteiger partial charge in [-0.1, -0.05) is 24.4 Å². The number of hydrogen-bond donors (Lipinski definition) is 1. The van der Waals surface area contributed by atoms with E-state index in [4.69, 9.17) is 21.1 Å². The van der Waals surface area contributed by atoms with Crippen LogP contribution in [0.2, 0.25) is 5.02 Å². The van der Waals surface area contributed by atoms with Gasteiger partial charge in [0.2, 0.25) is 0 Å². The van der Waals surface area contributed by atoms with Gasteiger partial charge >= 0.3 is 0 Å². The molecule has 1 aliphatic rings. The predicted molar refractivity (Wildman–Crippen MR) is 66.9 cm³/mol. The van der Waals surface area contributed by atoms with Crippen molar-refractivity contribution in [2.24, 2.45) is 0 Å². The Hall–Kier alpha value is -0.930. The molecule has 0 radical (unpaired) electrons. The first-order valence-electron chi connectivity index (χ1n) is 5.75. The van der Waals surface area contributed by atoms with Gasteiger partial charge in [0.25, 0.3) is 0 Å². The SMILES string of the molecule is COc1cc(C2(O)CCCC2)cc(Cl)c1OC. The molecule has 0 aromatic heterocycles. The highest BCUT2D eigenvalue weighted by Gasteiger charge is 2.34. The van der Waals surface area contributed by atoms with Crippen LogP contribution in [0.5, 0.6) is 11.5 Å². The smallest absolute Gasteiger partial charge is 0.179 e. The molecule has 0 unspecified atom stereocenters. The summed E-state index contributed by atoms with van der Waals surface area (Å²) in [6.07, 6.45) is 3.64. The number of ether oxygens (including phenoxy) is 2. The maximum Gasteiger partial charge on any atom is 0.179 e. The molecule has 1 saturated carbocycles. The highest BCUT2D eigenvalue weighted by atomic mass is 35.5. The molecule has 0 aliphatic heterocycles. The first-order valence-corrected chi connectivity index (χ1v) is 6.13. The summed E-state index contributed by atoms with van der Waals surface area (Å²) < 4.78 is 10.4. The lowest BCUT2D eigenvalue weighted by molar-refractivity contribution is 0.0442. The summed E-state index contributed by atoms with van der Waals surface area (Å²) in [7, 11) is 3.12. The van der Waals surface area contributed by atoms with Crippen molar-refractivity contribution in [3.63, 3.8) is 0 Å². The van der Waals surface area contributed by atoms with Gasteiger partial charge in [0.15, 0.2) is 11.5 Å². The van der Waals surface area contributed by atoms with Crippen molar-refractivity contribution in [1.82, 2.24) is 0 Å². The Bertz CT molecular complexity index is 411. The summed E-state index contributed by atoms with van der Waals surface area (Å²) in [5.41, 5.74) is 0.0565. The highest BCUT2D eigenvalue weighted by molar-refractivity contribution is 6.32. The van der Waals surface area contributed by atoms with Gasteiger partial charge in [0.1, 0.15) is 0 Å². The van der Waals surface area contributed by atoms with E-state index in [-0.39, 0.29) is 0 Å². The lowest BCUT2D eigenvalue weighted by Gasteiger charge is -2.24. The number of rotatable bonds is 3. The predicted octanol–water partition coefficient (Wildman–Crippen LogP) is 3.12. The van der Waals surface area contributed by atoms with Gasteiger partial charge < -0.3 is 14.6 Å². The molecule has 3 nitrogen and oxygen atoms in total. The average molecular weight is 257 g/mol. The van der Waals surface area contributed by atoms with Crippen LogP contribution in [0.25, 0.3) is 0 Å². The molecule has 0 bridgehead atoms. The molecule has 0 heterocycles. The number of halogens is 1. The van der Waals surface area contributed by atoms with E-state index < -0.39 is 5.60 Å². The monoisotopic (exact) mass is 256 g/mol. The first kappa shape index (κ1) is 12.5. The molecular weight excluding hydrogens is 240 g/mol.